The van der Waals surface area contributed by atoms with Crippen LogP contribution in [0.25, 0.3) is 22.4 Å². The number of hydrogen-bond acceptors (Lipinski definition) is 4. The van der Waals surface area contributed by atoms with E-state index < -0.39 is 17.6 Å². The zero-order chi connectivity index (χ0) is 27.9. The van der Waals surface area contributed by atoms with Crippen LogP contribution in [-0.2, 0) is 10.4 Å². The van der Waals surface area contributed by atoms with Crippen molar-refractivity contribution >= 4 is 41.1 Å². The number of hydrogen-bond donors (Lipinski definition) is 3. The average Bonchev–Trinajstić information content (AvgIpc) is 3.31. The Kier molecular flexibility index (Phi) is 6.82. The fraction of sp³-hybridized carbons (Fsp3) is 0.143. The van der Waals surface area contributed by atoms with Crippen molar-refractivity contribution in [3.05, 3.63) is 99.2 Å². The number of nitrogens with zero attached hydrogens (tertiary/aromatic N) is 1. The molecule has 0 saturated carbocycles. The molecule has 1 amide bonds. The third-order valence-electron chi connectivity index (χ3n) is 6.65. The van der Waals surface area contributed by atoms with Crippen LogP contribution in [0.3, 0.4) is 0 Å². The van der Waals surface area contributed by atoms with Crippen molar-refractivity contribution < 1.29 is 22.8 Å². The van der Waals surface area contributed by atoms with Crippen LogP contribution in [0.2, 0.25) is 10.0 Å². The highest BCUT2D eigenvalue weighted by molar-refractivity contribution is 6.34. The molecule has 1 unspecified atom stereocenters. The van der Waals surface area contributed by atoms with Gasteiger partial charge in [0, 0.05) is 38.5 Å². The van der Waals surface area contributed by atoms with Crippen LogP contribution in [0.5, 0.6) is 0 Å². The molecule has 1 atom stereocenters. The first-order valence-corrected chi connectivity index (χ1v) is 12.4. The van der Waals surface area contributed by atoms with Crippen LogP contribution in [0.4, 0.5) is 18.9 Å². The van der Waals surface area contributed by atoms with Gasteiger partial charge in [0.05, 0.1) is 11.4 Å². The van der Waals surface area contributed by atoms with E-state index in [-0.39, 0.29) is 26.9 Å². The van der Waals surface area contributed by atoms with Gasteiger partial charge in [-0.2, -0.15) is 13.2 Å². The Labute approximate surface area is 231 Å². The number of halogens is 5. The summed E-state index contributed by atoms with van der Waals surface area (Å²) in [6, 6.07) is 15.3. The van der Waals surface area contributed by atoms with Gasteiger partial charge in [0.15, 0.2) is 5.54 Å². The van der Waals surface area contributed by atoms with E-state index in [1.807, 2.05) is 0 Å². The Balaban J connectivity index is 1.68. The lowest BCUT2D eigenvalue weighted by molar-refractivity contribution is -0.170. The summed E-state index contributed by atoms with van der Waals surface area (Å²) in [5, 5.41) is 8.97. The Bertz CT molecular complexity index is 1600. The molecule has 0 fully saturated rings. The molecule has 3 aromatic carbocycles. The molecule has 1 aliphatic rings. The maximum absolute atomic E-state index is 15.3. The second-order valence-electron chi connectivity index (χ2n) is 8.95. The number of carbonyl (C=O) groups is 1. The lowest BCUT2D eigenvalue weighted by atomic mass is 9.76. The van der Waals surface area contributed by atoms with E-state index in [9.17, 15) is 4.79 Å². The van der Waals surface area contributed by atoms with Crippen LogP contribution in [0, 0.1) is 6.92 Å². The second kappa shape index (κ2) is 9.98. The number of fused-ring (bicyclic) bond motifs is 3. The number of oxime groups is 1. The summed E-state index contributed by atoms with van der Waals surface area (Å²) >= 11 is 12.4. The van der Waals surface area contributed by atoms with E-state index >= 15 is 13.2 Å². The predicted molar refractivity (Wildman–Crippen MR) is 146 cm³/mol. The van der Waals surface area contributed by atoms with Gasteiger partial charge in [-0.1, -0.05) is 64.8 Å². The van der Waals surface area contributed by atoms with Gasteiger partial charge >= 0.3 is 6.18 Å². The maximum atomic E-state index is 15.3. The van der Waals surface area contributed by atoms with E-state index in [1.54, 1.807) is 49.5 Å². The van der Waals surface area contributed by atoms with E-state index in [0.717, 1.165) is 6.34 Å². The zero-order valence-electron chi connectivity index (χ0n) is 20.6. The summed E-state index contributed by atoms with van der Waals surface area (Å²) in [4.78, 5) is 20.2. The van der Waals surface area contributed by atoms with Crippen molar-refractivity contribution in [3.8, 4) is 22.4 Å². The first kappa shape index (κ1) is 26.6. The van der Waals surface area contributed by atoms with E-state index in [0.29, 0.717) is 33.5 Å². The van der Waals surface area contributed by atoms with Gasteiger partial charge in [0.25, 0.3) is 5.91 Å². The summed E-state index contributed by atoms with van der Waals surface area (Å²) in [6.45, 7) is 1.74. The predicted octanol–water partition coefficient (Wildman–Crippen LogP) is 7.51. The number of nitrogens with one attached hydrogen (secondary N) is 3. The third-order valence-corrected chi connectivity index (χ3v) is 7.09. The van der Waals surface area contributed by atoms with E-state index in [4.69, 9.17) is 23.2 Å². The van der Waals surface area contributed by atoms with Crippen molar-refractivity contribution in [2.45, 2.75) is 18.6 Å². The van der Waals surface area contributed by atoms with Crippen LogP contribution in [-0.4, -0.2) is 30.5 Å². The van der Waals surface area contributed by atoms with Crippen molar-refractivity contribution in [2.24, 2.45) is 5.16 Å². The van der Waals surface area contributed by atoms with Gasteiger partial charge in [0.1, 0.15) is 13.4 Å². The number of benzene rings is 3. The monoisotopic (exact) mass is 572 g/mol. The average molecular weight is 573 g/mol. The zero-order valence-corrected chi connectivity index (χ0v) is 22.1. The van der Waals surface area contributed by atoms with Crippen molar-refractivity contribution in [3.63, 3.8) is 0 Å². The molecule has 6 nitrogen and oxygen atoms in total. The van der Waals surface area contributed by atoms with Crippen LogP contribution >= 0.6 is 23.2 Å². The number of H-pyrrole nitrogens is 1. The lowest BCUT2D eigenvalue weighted by Crippen LogP contribution is -2.51. The largest absolute Gasteiger partial charge is 0.420 e. The highest BCUT2D eigenvalue weighted by Gasteiger charge is 2.60. The van der Waals surface area contributed by atoms with Gasteiger partial charge in [-0.15, -0.1) is 0 Å². The molecule has 0 aliphatic carbocycles. The molecule has 11 heteroatoms. The SMILES string of the molecule is CO/N=C\NC(=O)c1ccc(-c2c[nH]c3c2NC(c2cc(Cl)cc(Cl)c2)(C(F)(F)F)c2ccccc2-3)cc1C. The summed E-state index contributed by atoms with van der Waals surface area (Å²) in [6.07, 6.45) is -2.02. The topological polar surface area (TPSA) is 78.5 Å². The number of aromatic nitrogens is 1. The molecule has 0 radical (unpaired) electrons. The number of aryl methyl sites for hydroxylation is 1. The van der Waals surface area contributed by atoms with Gasteiger partial charge in [-0.25, -0.2) is 0 Å². The van der Waals surface area contributed by atoms with Gasteiger partial charge < -0.3 is 20.5 Å². The first-order valence-electron chi connectivity index (χ1n) is 11.7. The summed E-state index contributed by atoms with van der Waals surface area (Å²) in [5.41, 5.74) is 0.476. The molecule has 1 aromatic heterocycles. The Hall–Kier alpha value is -3.95. The molecule has 0 spiro atoms. The fourth-order valence-electron chi connectivity index (χ4n) is 4.96. The number of aromatic amines is 1. The minimum Gasteiger partial charge on any atom is -0.398 e. The molecule has 3 N–H and O–H groups in total. The number of amides is 1. The minimum atomic E-state index is -4.79. The molecular formula is C28H21Cl2F3N4O2. The van der Waals surface area contributed by atoms with Gasteiger partial charge in [-0.05, 0) is 47.9 Å². The summed E-state index contributed by atoms with van der Waals surface area (Å²) in [5.74, 6) is -0.406. The third kappa shape index (κ3) is 4.51. The van der Waals surface area contributed by atoms with Gasteiger partial charge in [-0.3, -0.25) is 4.79 Å². The molecule has 0 saturated heterocycles. The van der Waals surface area contributed by atoms with Gasteiger partial charge in [0.2, 0.25) is 0 Å². The minimum absolute atomic E-state index is 0.0117. The van der Waals surface area contributed by atoms with Crippen LogP contribution in [0.1, 0.15) is 27.0 Å². The molecule has 0 bridgehead atoms. The number of carbonyl (C=O) groups excluding carboxylic acids is 1. The number of alkyl halides is 3. The number of anilines is 1. The summed E-state index contributed by atoms with van der Waals surface area (Å²) < 4.78 is 45.8. The smallest absolute Gasteiger partial charge is 0.398 e. The normalized spacial score (nSPS) is 16.4. The highest BCUT2D eigenvalue weighted by atomic mass is 35.5. The molecule has 39 heavy (non-hydrogen) atoms. The quantitative estimate of drug-likeness (QED) is 0.131. The molecule has 1 aliphatic heterocycles. The molecule has 5 rings (SSSR count). The summed E-state index contributed by atoms with van der Waals surface area (Å²) in [7, 11) is 1.35. The van der Waals surface area contributed by atoms with Crippen LogP contribution in [0.15, 0.2) is 72.0 Å². The van der Waals surface area contributed by atoms with Crippen molar-refractivity contribution in [1.29, 1.82) is 0 Å². The highest BCUT2D eigenvalue weighted by Crippen LogP contribution is 2.56. The Morgan fingerprint density at radius 3 is 2.44 bits per heavy atom. The van der Waals surface area contributed by atoms with Crippen molar-refractivity contribution in [1.82, 2.24) is 10.3 Å². The first-order chi connectivity index (χ1) is 18.6. The standard InChI is InChI=1S/C28H21Cl2F3N4O2/c1-15-9-16(7-8-20(15)26(38)35-14-36-39-2)22-13-34-24-21-5-3-4-6-23(21)27(28(31,32)33,37-25(22)24)17-10-18(29)12-19(30)11-17/h3-14,34,37H,1-2H3,(H,35,36,38). The molecule has 200 valence electrons. The Morgan fingerprint density at radius 2 is 1.77 bits per heavy atom. The second-order valence-corrected chi connectivity index (χ2v) is 9.82. The lowest BCUT2D eigenvalue weighted by Gasteiger charge is -2.42. The van der Waals surface area contributed by atoms with Crippen LogP contribution < -0.4 is 10.6 Å². The Morgan fingerprint density at radius 1 is 1.05 bits per heavy atom. The van der Waals surface area contributed by atoms with E-state index in [1.165, 1.54) is 31.4 Å². The fourth-order valence-corrected chi connectivity index (χ4v) is 5.49. The number of rotatable bonds is 5. The molecule has 4 aromatic rings. The molecule has 2 heterocycles. The maximum Gasteiger partial charge on any atom is 0.420 e. The molecular weight excluding hydrogens is 552 g/mol. The van der Waals surface area contributed by atoms with E-state index in [2.05, 4.69) is 25.6 Å². The van der Waals surface area contributed by atoms with Crippen molar-refractivity contribution in [2.75, 3.05) is 12.4 Å².